The van der Waals surface area contributed by atoms with E-state index in [0.29, 0.717) is 24.3 Å². The Bertz CT molecular complexity index is 932. The molecule has 2 N–H and O–H groups in total. The first-order valence-corrected chi connectivity index (χ1v) is 9.81. The summed E-state index contributed by atoms with van der Waals surface area (Å²) in [7, 11) is 1.67. The monoisotopic (exact) mass is 407 g/mol. The largest absolute Gasteiger partial charge is 0.495 e. The van der Waals surface area contributed by atoms with Gasteiger partial charge in [-0.2, -0.15) is 5.26 Å². The quantitative estimate of drug-likeness (QED) is 0.704. The Morgan fingerprint density at radius 1 is 1.03 bits per heavy atom. The zero-order chi connectivity index (χ0) is 21.3. The summed E-state index contributed by atoms with van der Waals surface area (Å²) in [6.45, 7) is 4.47. The Labute approximate surface area is 176 Å². The maximum absolute atomic E-state index is 12.1. The SMILES string of the molecule is COc1ccccc1N1CCN(CCNC(=O)C(=O)Nc2ccccc2C#N)CC1. The van der Waals surface area contributed by atoms with Crippen LogP contribution in [0.3, 0.4) is 0 Å². The summed E-state index contributed by atoms with van der Waals surface area (Å²) in [5, 5.41) is 14.2. The summed E-state index contributed by atoms with van der Waals surface area (Å²) in [4.78, 5) is 28.6. The molecule has 2 aromatic rings. The molecule has 3 rings (SSSR count). The fourth-order valence-corrected chi connectivity index (χ4v) is 3.38. The minimum atomic E-state index is -0.779. The third-order valence-corrected chi connectivity index (χ3v) is 5.01. The number of nitrogens with zero attached hydrogens (tertiary/aromatic N) is 3. The summed E-state index contributed by atoms with van der Waals surface area (Å²) >= 11 is 0. The Hall–Kier alpha value is -3.57. The summed E-state index contributed by atoms with van der Waals surface area (Å²) in [6, 6.07) is 16.5. The molecular weight excluding hydrogens is 382 g/mol. The lowest BCUT2D eigenvalue weighted by atomic mass is 10.2. The average Bonchev–Trinajstić information content (AvgIpc) is 2.79. The second-order valence-electron chi connectivity index (χ2n) is 6.87. The maximum atomic E-state index is 12.1. The molecule has 8 heteroatoms. The van der Waals surface area contributed by atoms with Gasteiger partial charge in [-0.15, -0.1) is 0 Å². The van der Waals surface area contributed by atoms with E-state index >= 15 is 0 Å². The van der Waals surface area contributed by atoms with E-state index < -0.39 is 11.8 Å². The van der Waals surface area contributed by atoms with Crippen LogP contribution in [0.2, 0.25) is 0 Å². The number of para-hydroxylation sites is 3. The molecule has 2 amide bonds. The fraction of sp³-hybridized carbons (Fsp3) is 0.318. The number of amides is 2. The first-order valence-electron chi connectivity index (χ1n) is 9.81. The Kier molecular flexibility index (Phi) is 7.24. The van der Waals surface area contributed by atoms with Crippen molar-refractivity contribution in [3.8, 4) is 11.8 Å². The molecule has 30 heavy (non-hydrogen) atoms. The Morgan fingerprint density at radius 3 is 2.47 bits per heavy atom. The standard InChI is InChI=1S/C22H25N5O3/c1-30-20-9-5-4-8-19(20)27-14-12-26(13-15-27)11-10-24-21(28)22(29)25-18-7-3-2-6-17(18)16-23/h2-9H,10-15H2,1H3,(H,24,28)(H,25,29). The first kappa shape index (κ1) is 21.1. The molecule has 0 spiro atoms. The van der Waals surface area contributed by atoms with Crippen molar-refractivity contribution in [2.24, 2.45) is 0 Å². The zero-order valence-corrected chi connectivity index (χ0v) is 16.9. The van der Waals surface area contributed by atoms with Gasteiger partial charge in [-0.3, -0.25) is 14.5 Å². The molecule has 1 fully saturated rings. The number of methoxy groups -OCH3 is 1. The summed E-state index contributed by atoms with van der Waals surface area (Å²) in [5.41, 5.74) is 1.72. The van der Waals surface area contributed by atoms with Gasteiger partial charge in [0.2, 0.25) is 0 Å². The Morgan fingerprint density at radius 2 is 1.73 bits per heavy atom. The van der Waals surface area contributed by atoms with E-state index in [9.17, 15) is 9.59 Å². The Balaban J connectivity index is 1.41. The summed E-state index contributed by atoms with van der Waals surface area (Å²) < 4.78 is 5.44. The van der Waals surface area contributed by atoms with E-state index in [1.807, 2.05) is 24.3 Å². The van der Waals surface area contributed by atoms with Crippen LogP contribution in [0.4, 0.5) is 11.4 Å². The highest BCUT2D eigenvalue weighted by Crippen LogP contribution is 2.28. The van der Waals surface area contributed by atoms with E-state index in [4.69, 9.17) is 10.00 Å². The third kappa shape index (κ3) is 5.27. The molecule has 0 radical (unpaired) electrons. The highest BCUT2D eigenvalue weighted by Gasteiger charge is 2.20. The smallest absolute Gasteiger partial charge is 0.313 e. The summed E-state index contributed by atoms with van der Waals surface area (Å²) in [5.74, 6) is -0.628. The van der Waals surface area contributed by atoms with Crippen LogP contribution in [0, 0.1) is 11.3 Å². The fourth-order valence-electron chi connectivity index (χ4n) is 3.38. The lowest BCUT2D eigenvalue weighted by Gasteiger charge is -2.36. The molecule has 0 aromatic heterocycles. The number of ether oxygens (including phenoxy) is 1. The van der Waals surface area contributed by atoms with E-state index in [1.165, 1.54) is 0 Å². The number of carbonyl (C=O) groups excluding carboxylic acids is 2. The molecule has 1 aliphatic rings. The van der Waals surface area contributed by atoms with Gasteiger partial charge in [0.25, 0.3) is 0 Å². The number of piperazine rings is 1. The van der Waals surface area contributed by atoms with Crippen molar-refractivity contribution in [2.75, 3.05) is 56.6 Å². The lowest BCUT2D eigenvalue weighted by Crippen LogP contribution is -2.49. The predicted molar refractivity (Wildman–Crippen MR) is 114 cm³/mol. The molecule has 8 nitrogen and oxygen atoms in total. The third-order valence-electron chi connectivity index (χ3n) is 5.01. The number of nitriles is 1. The molecule has 156 valence electrons. The highest BCUT2D eigenvalue weighted by molar-refractivity contribution is 6.39. The predicted octanol–water partition coefficient (Wildman–Crippen LogP) is 1.44. The highest BCUT2D eigenvalue weighted by atomic mass is 16.5. The molecule has 0 saturated carbocycles. The molecule has 0 unspecified atom stereocenters. The van der Waals surface area contributed by atoms with Crippen LogP contribution in [-0.4, -0.2) is 63.1 Å². The van der Waals surface area contributed by atoms with E-state index in [2.05, 4.69) is 26.5 Å². The van der Waals surface area contributed by atoms with Gasteiger partial charge in [0.05, 0.1) is 24.0 Å². The second-order valence-corrected chi connectivity index (χ2v) is 6.87. The van der Waals surface area contributed by atoms with Gasteiger partial charge in [-0.25, -0.2) is 0 Å². The first-order chi connectivity index (χ1) is 14.6. The van der Waals surface area contributed by atoms with Crippen molar-refractivity contribution in [2.45, 2.75) is 0 Å². The van der Waals surface area contributed by atoms with Crippen LogP contribution in [-0.2, 0) is 9.59 Å². The van der Waals surface area contributed by atoms with Crippen LogP contribution < -0.4 is 20.3 Å². The van der Waals surface area contributed by atoms with E-state index in [0.717, 1.165) is 37.6 Å². The maximum Gasteiger partial charge on any atom is 0.313 e. The lowest BCUT2D eigenvalue weighted by molar-refractivity contribution is -0.136. The number of hydrogen-bond acceptors (Lipinski definition) is 6. The molecule has 0 atom stereocenters. The van der Waals surface area contributed by atoms with Crippen molar-refractivity contribution in [3.63, 3.8) is 0 Å². The van der Waals surface area contributed by atoms with Gasteiger partial charge < -0.3 is 20.3 Å². The molecule has 1 aliphatic heterocycles. The van der Waals surface area contributed by atoms with Crippen molar-refractivity contribution in [3.05, 3.63) is 54.1 Å². The molecule has 1 heterocycles. The van der Waals surface area contributed by atoms with Crippen molar-refractivity contribution < 1.29 is 14.3 Å². The van der Waals surface area contributed by atoms with Crippen LogP contribution in [0.1, 0.15) is 5.56 Å². The van der Waals surface area contributed by atoms with Crippen LogP contribution >= 0.6 is 0 Å². The van der Waals surface area contributed by atoms with Gasteiger partial charge in [0.15, 0.2) is 0 Å². The van der Waals surface area contributed by atoms with Crippen LogP contribution in [0.15, 0.2) is 48.5 Å². The molecule has 0 aliphatic carbocycles. The minimum Gasteiger partial charge on any atom is -0.495 e. The van der Waals surface area contributed by atoms with Crippen molar-refractivity contribution in [1.82, 2.24) is 10.2 Å². The molecule has 2 aromatic carbocycles. The van der Waals surface area contributed by atoms with Crippen LogP contribution in [0.5, 0.6) is 5.75 Å². The van der Waals surface area contributed by atoms with E-state index in [1.54, 1.807) is 31.4 Å². The minimum absolute atomic E-state index is 0.312. The van der Waals surface area contributed by atoms with Crippen molar-refractivity contribution >= 4 is 23.2 Å². The number of anilines is 2. The normalized spacial score (nSPS) is 13.9. The molecular formula is C22H25N5O3. The number of rotatable bonds is 6. The number of hydrogen-bond donors (Lipinski definition) is 2. The number of nitrogens with one attached hydrogen (secondary N) is 2. The van der Waals surface area contributed by atoms with Gasteiger partial charge in [0, 0.05) is 39.3 Å². The zero-order valence-electron chi connectivity index (χ0n) is 16.9. The van der Waals surface area contributed by atoms with Gasteiger partial charge in [0.1, 0.15) is 11.8 Å². The van der Waals surface area contributed by atoms with Crippen LogP contribution in [0.25, 0.3) is 0 Å². The summed E-state index contributed by atoms with van der Waals surface area (Å²) in [6.07, 6.45) is 0. The molecule has 1 saturated heterocycles. The van der Waals surface area contributed by atoms with E-state index in [-0.39, 0.29) is 0 Å². The number of carbonyl (C=O) groups is 2. The van der Waals surface area contributed by atoms with Gasteiger partial charge in [-0.1, -0.05) is 24.3 Å². The van der Waals surface area contributed by atoms with Gasteiger partial charge in [-0.05, 0) is 24.3 Å². The number of benzene rings is 2. The van der Waals surface area contributed by atoms with Gasteiger partial charge >= 0.3 is 11.8 Å². The van der Waals surface area contributed by atoms with Crippen molar-refractivity contribution in [1.29, 1.82) is 5.26 Å². The molecule has 0 bridgehead atoms. The average molecular weight is 407 g/mol. The topological polar surface area (TPSA) is 97.7 Å². The second kappa shape index (κ2) is 10.3.